The Morgan fingerprint density at radius 3 is 2.45 bits per heavy atom. The molecule has 1 saturated heterocycles. The van der Waals surface area contributed by atoms with Gasteiger partial charge in [-0.25, -0.2) is 4.79 Å². The van der Waals surface area contributed by atoms with Crippen molar-refractivity contribution >= 4 is 11.8 Å². The largest absolute Gasteiger partial charge is 0.444 e. The van der Waals surface area contributed by atoms with E-state index in [2.05, 4.69) is 0 Å². The van der Waals surface area contributed by atoms with Gasteiger partial charge in [0.2, 0.25) is 0 Å². The Bertz CT molecular complexity index is 592. The van der Waals surface area contributed by atoms with Crippen LogP contribution in [0.1, 0.15) is 25.0 Å². The zero-order valence-electron chi connectivity index (χ0n) is 10.7. The van der Waals surface area contributed by atoms with Crippen LogP contribution in [0.4, 0.5) is 23.7 Å². The van der Waals surface area contributed by atoms with Crippen LogP contribution in [0.25, 0.3) is 0 Å². The Hall–Kier alpha value is -2.23. The van der Waals surface area contributed by atoms with Crippen LogP contribution < -0.4 is 4.90 Å². The second kappa shape index (κ2) is 4.71. The summed E-state index contributed by atoms with van der Waals surface area (Å²) < 4.78 is 43.6. The van der Waals surface area contributed by atoms with Gasteiger partial charge in [0.15, 0.2) is 0 Å². The number of nitrogens with zero attached hydrogens (tertiary/aromatic N) is 2. The maximum absolute atomic E-state index is 12.9. The lowest BCUT2D eigenvalue weighted by atomic mass is 10.1. The third-order valence-corrected chi connectivity index (χ3v) is 3.28. The predicted molar refractivity (Wildman–Crippen MR) is 64.0 cm³/mol. The molecule has 0 N–H and O–H groups in total. The molecular weight excluding hydrogens is 273 g/mol. The monoisotopic (exact) mass is 284 g/mol. The molecule has 0 unspecified atom stereocenters. The molecule has 1 aliphatic heterocycles. The minimum absolute atomic E-state index is 0.0678. The van der Waals surface area contributed by atoms with Crippen LogP contribution in [-0.2, 0) is 10.9 Å². The Morgan fingerprint density at radius 2 is 2.00 bits per heavy atom. The molecule has 7 heteroatoms. The summed E-state index contributed by atoms with van der Waals surface area (Å²) in [5, 5.41) is 8.73. The Morgan fingerprint density at radius 1 is 1.35 bits per heavy atom. The molecule has 1 fully saturated rings. The van der Waals surface area contributed by atoms with Gasteiger partial charge in [-0.05, 0) is 32.0 Å². The summed E-state index contributed by atoms with van der Waals surface area (Å²) in [6, 6.07) is 4.28. The van der Waals surface area contributed by atoms with E-state index in [-0.39, 0.29) is 11.7 Å². The molecule has 0 radical (unpaired) electrons. The van der Waals surface area contributed by atoms with Gasteiger partial charge in [-0.15, -0.1) is 0 Å². The zero-order valence-corrected chi connectivity index (χ0v) is 10.7. The highest BCUT2D eigenvalue weighted by Gasteiger charge is 2.39. The lowest BCUT2D eigenvalue weighted by molar-refractivity contribution is -0.137. The van der Waals surface area contributed by atoms with E-state index in [1.807, 2.05) is 0 Å². The molecule has 0 saturated carbocycles. The highest BCUT2D eigenvalue weighted by atomic mass is 19.4. The molecular formula is C13H11F3N2O2. The lowest BCUT2D eigenvalue weighted by Crippen LogP contribution is -2.33. The minimum Gasteiger partial charge on any atom is -0.444 e. The fourth-order valence-corrected chi connectivity index (χ4v) is 2.05. The van der Waals surface area contributed by atoms with Crippen molar-refractivity contribution in [1.29, 1.82) is 5.26 Å². The Kier molecular flexibility index (Phi) is 3.34. The van der Waals surface area contributed by atoms with Crippen LogP contribution in [0.2, 0.25) is 0 Å². The van der Waals surface area contributed by atoms with Gasteiger partial charge < -0.3 is 4.74 Å². The second-order valence-electron chi connectivity index (χ2n) is 4.54. The van der Waals surface area contributed by atoms with E-state index in [0.29, 0.717) is 0 Å². The highest BCUT2D eigenvalue weighted by molar-refractivity contribution is 5.90. The van der Waals surface area contributed by atoms with Crippen LogP contribution in [0.5, 0.6) is 0 Å². The number of carbonyl (C=O) groups excluding carboxylic acids is 1. The quantitative estimate of drug-likeness (QED) is 0.795. The lowest BCUT2D eigenvalue weighted by Gasteiger charge is -2.21. The number of halogens is 3. The highest BCUT2D eigenvalue weighted by Crippen LogP contribution is 2.36. The van der Waals surface area contributed by atoms with Crippen molar-refractivity contribution in [3.05, 3.63) is 29.3 Å². The van der Waals surface area contributed by atoms with Crippen LogP contribution in [0, 0.1) is 11.3 Å². The van der Waals surface area contributed by atoms with E-state index in [4.69, 9.17) is 10.00 Å². The number of alkyl halides is 3. The summed E-state index contributed by atoms with van der Waals surface area (Å²) in [7, 11) is 0. The fraction of sp³-hybridized carbons (Fsp3) is 0.385. The molecule has 1 aliphatic rings. The summed E-state index contributed by atoms with van der Waals surface area (Å²) in [6.07, 6.45) is -5.75. The number of anilines is 1. The van der Waals surface area contributed by atoms with Gasteiger partial charge in [0.05, 0.1) is 23.2 Å². The van der Waals surface area contributed by atoms with Gasteiger partial charge in [-0.3, -0.25) is 4.90 Å². The number of rotatable bonds is 1. The molecule has 1 aromatic carbocycles. The van der Waals surface area contributed by atoms with E-state index < -0.39 is 29.5 Å². The van der Waals surface area contributed by atoms with Crippen molar-refractivity contribution in [2.24, 2.45) is 0 Å². The molecule has 1 amide bonds. The number of nitriles is 1. The summed E-state index contributed by atoms with van der Waals surface area (Å²) in [5.74, 6) is 0. The van der Waals surface area contributed by atoms with E-state index in [1.54, 1.807) is 13.8 Å². The van der Waals surface area contributed by atoms with Crippen molar-refractivity contribution in [1.82, 2.24) is 0 Å². The molecule has 0 aliphatic carbocycles. The second-order valence-corrected chi connectivity index (χ2v) is 4.54. The SMILES string of the molecule is C[C@@H]1OC(=O)N(c2ccc(C#N)c(C(F)(F)F)c2)[C@@H]1C. The summed E-state index contributed by atoms with van der Waals surface area (Å²) >= 11 is 0. The predicted octanol–water partition coefficient (Wildman–Crippen LogP) is 3.31. The van der Waals surface area contributed by atoms with E-state index in [0.717, 1.165) is 17.0 Å². The number of carbonyl (C=O) groups is 1. The standard InChI is InChI=1S/C13H11F3N2O2/c1-7-8(2)20-12(19)18(7)10-4-3-9(6-17)11(5-10)13(14,15)16/h3-5,7-8H,1-2H3/t7-,8+/m1/s1. The van der Waals surface area contributed by atoms with Gasteiger partial charge in [-0.1, -0.05) is 0 Å². The summed E-state index contributed by atoms with van der Waals surface area (Å²) in [6.45, 7) is 3.35. The van der Waals surface area contributed by atoms with Crippen molar-refractivity contribution in [3.63, 3.8) is 0 Å². The summed E-state index contributed by atoms with van der Waals surface area (Å²) in [4.78, 5) is 12.8. The Labute approximate surface area is 113 Å². The number of hydrogen-bond donors (Lipinski definition) is 0. The molecule has 1 heterocycles. The number of benzene rings is 1. The minimum atomic E-state index is -4.65. The average molecular weight is 284 g/mol. The third-order valence-electron chi connectivity index (χ3n) is 3.28. The molecule has 4 nitrogen and oxygen atoms in total. The maximum atomic E-state index is 12.9. The molecule has 1 aromatic rings. The third kappa shape index (κ3) is 2.29. The van der Waals surface area contributed by atoms with Crippen molar-refractivity contribution < 1.29 is 22.7 Å². The van der Waals surface area contributed by atoms with E-state index >= 15 is 0 Å². The van der Waals surface area contributed by atoms with Gasteiger partial charge in [0, 0.05) is 5.69 Å². The van der Waals surface area contributed by atoms with E-state index in [1.165, 1.54) is 12.1 Å². The first kappa shape index (κ1) is 14.2. The van der Waals surface area contributed by atoms with Crippen molar-refractivity contribution in [2.45, 2.75) is 32.2 Å². The molecule has 0 bridgehead atoms. The number of hydrogen-bond acceptors (Lipinski definition) is 3. The fourth-order valence-electron chi connectivity index (χ4n) is 2.05. The van der Waals surface area contributed by atoms with Gasteiger partial charge in [-0.2, -0.15) is 18.4 Å². The first-order valence-electron chi connectivity index (χ1n) is 5.87. The smallest absolute Gasteiger partial charge is 0.417 e. The van der Waals surface area contributed by atoms with Gasteiger partial charge >= 0.3 is 12.3 Å². The van der Waals surface area contributed by atoms with Crippen molar-refractivity contribution in [2.75, 3.05) is 4.90 Å². The van der Waals surface area contributed by atoms with E-state index in [9.17, 15) is 18.0 Å². The molecule has 2 atom stereocenters. The maximum Gasteiger partial charge on any atom is 0.417 e. The normalized spacial score (nSPS) is 22.6. The molecule has 20 heavy (non-hydrogen) atoms. The number of ether oxygens (including phenoxy) is 1. The molecule has 0 spiro atoms. The molecule has 2 rings (SSSR count). The number of amides is 1. The van der Waals surface area contributed by atoms with Crippen molar-refractivity contribution in [3.8, 4) is 6.07 Å². The first-order chi connectivity index (χ1) is 9.25. The Balaban J connectivity index is 2.50. The summed E-state index contributed by atoms with van der Waals surface area (Å²) in [5.41, 5.74) is -1.47. The van der Waals surface area contributed by atoms with Crippen LogP contribution in [-0.4, -0.2) is 18.2 Å². The van der Waals surface area contributed by atoms with Crippen LogP contribution in [0.15, 0.2) is 18.2 Å². The van der Waals surface area contributed by atoms with Gasteiger partial charge in [0.1, 0.15) is 6.10 Å². The van der Waals surface area contributed by atoms with Crippen LogP contribution in [0.3, 0.4) is 0 Å². The zero-order chi connectivity index (χ0) is 15.1. The van der Waals surface area contributed by atoms with Crippen LogP contribution >= 0.6 is 0 Å². The van der Waals surface area contributed by atoms with Gasteiger partial charge in [0.25, 0.3) is 0 Å². The average Bonchev–Trinajstić information content (AvgIpc) is 2.61. The molecule has 0 aromatic heterocycles. The number of cyclic esters (lactones) is 1. The topological polar surface area (TPSA) is 53.3 Å². The first-order valence-corrected chi connectivity index (χ1v) is 5.87. The molecule has 106 valence electrons.